The molecule has 0 spiro atoms. The number of hydrogen-bond donors (Lipinski definition) is 2. The molecule has 0 unspecified atom stereocenters. The molecule has 0 radical (unpaired) electrons. The Morgan fingerprint density at radius 2 is 2.11 bits per heavy atom. The van der Waals surface area contributed by atoms with Gasteiger partial charge < -0.3 is 10.4 Å². The fourth-order valence-electron chi connectivity index (χ4n) is 1.30. The van der Waals surface area contributed by atoms with E-state index in [-0.39, 0.29) is 11.4 Å². The quantitative estimate of drug-likeness (QED) is 0.905. The van der Waals surface area contributed by atoms with Gasteiger partial charge in [0, 0.05) is 11.2 Å². The van der Waals surface area contributed by atoms with Crippen LogP contribution in [0.4, 0.5) is 11.5 Å². The van der Waals surface area contributed by atoms with Crippen LogP contribution in [-0.4, -0.2) is 21.0 Å². The second-order valence-electron chi connectivity index (χ2n) is 3.34. The molecule has 7 heteroatoms. The summed E-state index contributed by atoms with van der Waals surface area (Å²) in [6, 6.07) is 4.82. The highest BCUT2D eigenvalue weighted by molar-refractivity contribution is 6.36. The van der Waals surface area contributed by atoms with Crippen LogP contribution >= 0.6 is 23.2 Å². The van der Waals surface area contributed by atoms with Gasteiger partial charge in [0.2, 0.25) is 0 Å². The van der Waals surface area contributed by atoms with Crippen molar-refractivity contribution in [1.29, 1.82) is 0 Å². The number of carboxylic acid groups (broad SMARTS) is 1. The van der Waals surface area contributed by atoms with E-state index in [1.807, 2.05) is 0 Å². The summed E-state index contributed by atoms with van der Waals surface area (Å²) in [5, 5.41) is 12.7. The molecule has 0 aliphatic carbocycles. The van der Waals surface area contributed by atoms with E-state index in [0.29, 0.717) is 15.7 Å². The van der Waals surface area contributed by atoms with Gasteiger partial charge in [-0.1, -0.05) is 23.2 Å². The monoisotopic (exact) mass is 283 g/mol. The zero-order chi connectivity index (χ0) is 13.1. The van der Waals surface area contributed by atoms with E-state index in [2.05, 4.69) is 15.3 Å². The summed E-state index contributed by atoms with van der Waals surface area (Å²) in [5.41, 5.74) is 0.478. The van der Waals surface area contributed by atoms with E-state index in [9.17, 15) is 4.79 Å². The lowest BCUT2D eigenvalue weighted by Gasteiger charge is -2.09. The van der Waals surface area contributed by atoms with Crippen LogP contribution < -0.4 is 5.32 Å². The predicted octanol–water partition coefficient (Wildman–Crippen LogP) is 3.23. The van der Waals surface area contributed by atoms with Crippen LogP contribution in [-0.2, 0) is 0 Å². The lowest BCUT2D eigenvalue weighted by atomic mass is 10.2. The SMILES string of the molecule is O=C(O)c1cncnc1Nc1ccc(Cl)cc1Cl. The summed E-state index contributed by atoms with van der Waals surface area (Å²) in [7, 11) is 0. The third-order valence-electron chi connectivity index (χ3n) is 2.13. The summed E-state index contributed by atoms with van der Waals surface area (Å²) >= 11 is 11.7. The standard InChI is InChI=1S/C11H7Cl2N3O2/c12-6-1-2-9(8(13)3-6)16-10-7(11(17)18)4-14-5-15-10/h1-5H,(H,17,18)(H,14,15,16). The lowest BCUT2D eigenvalue weighted by Crippen LogP contribution is -2.05. The topological polar surface area (TPSA) is 75.1 Å². The minimum atomic E-state index is -1.12. The van der Waals surface area contributed by atoms with Gasteiger partial charge in [-0.15, -0.1) is 0 Å². The molecular formula is C11H7Cl2N3O2. The van der Waals surface area contributed by atoms with Crippen molar-refractivity contribution in [2.75, 3.05) is 5.32 Å². The molecule has 0 aliphatic rings. The van der Waals surface area contributed by atoms with E-state index < -0.39 is 5.97 Å². The van der Waals surface area contributed by atoms with Crippen LogP contribution in [0.3, 0.4) is 0 Å². The molecule has 2 N–H and O–H groups in total. The molecule has 0 amide bonds. The van der Waals surface area contributed by atoms with E-state index in [0.717, 1.165) is 0 Å². The summed E-state index contributed by atoms with van der Waals surface area (Å²) < 4.78 is 0. The molecule has 0 fully saturated rings. The van der Waals surface area contributed by atoms with Gasteiger partial charge in [-0.3, -0.25) is 0 Å². The number of carboxylic acids is 1. The minimum absolute atomic E-state index is 0.0384. The zero-order valence-corrected chi connectivity index (χ0v) is 10.4. The Bertz CT molecular complexity index is 605. The summed E-state index contributed by atoms with van der Waals surface area (Å²) in [4.78, 5) is 18.5. The number of anilines is 2. The number of benzene rings is 1. The molecule has 2 aromatic rings. The van der Waals surface area contributed by atoms with Crippen molar-refractivity contribution in [1.82, 2.24) is 9.97 Å². The minimum Gasteiger partial charge on any atom is -0.477 e. The Morgan fingerprint density at radius 3 is 2.78 bits per heavy atom. The number of aromatic carboxylic acids is 1. The molecular weight excluding hydrogens is 277 g/mol. The van der Waals surface area contributed by atoms with Gasteiger partial charge in [0.1, 0.15) is 17.7 Å². The van der Waals surface area contributed by atoms with E-state index >= 15 is 0 Å². The highest BCUT2D eigenvalue weighted by Crippen LogP contribution is 2.28. The average molecular weight is 284 g/mol. The van der Waals surface area contributed by atoms with Gasteiger partial charge in [-0.05, 0) is 18.2 Å². The molecule has 0 atom stereocenters. The number of rotatable bonds is 3. The molecule has 0 bridgehead atoms. The Balaban J connectivity index is 2.37. The van der Waals surface area contributed by atoms with Gasteiger partial charge in [0.15, 0.2) is 0 Å². The van der Waals surface area contributed by atoms with E-state index in [1.54, 1.807) is 18.2 Å². The predicted molar refractivity (Wildman–Crippen MR) is 68.7 cm³/mol. The number of hydrogen-bond acceptors (Lipinski definition) is 4. The van der Waals surface area contributed by atoms with Crippen LogP contribution in [0.5, 0.6) is 0 Å². The van der Waals surface area contributed by atoms with Crippen LogP contribution in [0.1, 0.15) is 10.4 Å². The first-order valence-electron chi connectivity index (χ1n) is 4.83. The molecule has 5 nitrogen and oxygen atoms in total. The molecule has 0 saturated heterocycles. The van der Waals surface area contributed by atoms with Crippen molar-refractivity contribution in [2.45, 2.75) is 0 Å². The first kappa shape index (κ1) is 12.6. The second-order valence-corrected chi connectivity index (χ2v) is 4.18. The van der Waals surface area contributed by atoms with Crippen molar-refractivity contribution in [2.24, 2.45) is 0 Å². The molecule has 2 rings (SSSR count). The number of halogens is 2. The van der Waals surface area contributed by atoms with E-state index in [1.165, 1.54) is 12.5 Å². The maximum atomic E-state index is 11.0. The Hall–Kier alpha value is -1.85. The molecule has 1 aromatic carbocycles. The zero-order valence-electron chi connectivity index (χ0n) is 8.89. The molecule has 1 aromatic heterocycles. The Labute approximate surface area is 112 Å². The van der Waals surface area contributed by atoms with Gasteiger partial charge >= 0.3 is 5.97 Å². The normalized spacial score (nSPS) is 10.1. The van der Waals surface area contributed by atoms with Crippen LogP contribution in [0.25, 0.3) is 0 Å². The smallest absolute Gasteiger partial charge is 0.341 e. The molecule has 0 saturated carbocycles. The molecule has 18 heavy (non-hydrogen) atoms. The van der Waals surface area contributed by atoms with Gasteiger partial charge in [-0.25, -0.2) is 14.8 Å². The van der Waals surface area contributed by atoms with Crippen molar-refractivity contribution >= 4 is 40.7 Å². The van der Waals surface area contributed by atoms with Crippen LogP contribution in [0.15, 0.2) is 30.7 Å². The second kappa shape index (κ2) is 5.20. The fourth-order valence-corrected chi connectivity index (χ4v) is 1.76. The first-order chi connectivity index (χ1) is 8.58. The Morgan fingerprint density at radius 1 is 1.33 bits per heavy atom. The highest BCUT2D eigenvalue weighted by Gasteiger charge is 2.12. The summed E-state index contributed by atoms with van der Waals surface area (Å²) in [6.07, 6.45) is 2.46. The number of nitrogens with zero attached hydrogens (tertiary/aromatic N) is 2. The van der Waals surface area contributed by atoms with Gasteiger partial charge in [-0.2, -0.15) is 0 Å². The number of aromatic nitrogens is 2. The highest BCUT2D eigenvalue weighted by atomic mass is 35.5. The average Bonchev–Trinajstić information content (AvgIpc) is 2.33. The Kier molecular flexibility index (Phi) is 3.64. The summed E-state index contributed by atoms with van der Waals surface area (Å²) in [5.74, 6) is -0.954. The fraction of sp³-hybridized carbons (Fsp3) is 0. The van der Waals surface area contributed by atoms with Crippen LogP contribution in [0.2, 0.25) is 10.0 Å². The van der Waals surface area contributed by atoms with Crippen molar-refractivity contribution in [3.05, 3.63) is 46.3 Å². The molecule has 0 aliphatic heterocycles. The van der Waals surface area contributed by atoms with Crippen molar-refractivity contribution < 1.29 is 9.90 Å². The lowest BCUT2D eigenvalue weighted by molar-refractivity contribution is 0.0697. The number of nitrogens with one attached hydrogen (secondary N) is 1. The largest absolute Gasteiger partial charge is 0.477 e. The van der Waals surface area contributed by atoms with Gasteiger partial charge in [0.05, 0.1) is 10.7 Å². The van der Waals surface area contributed by atoms with Crippen molar-refractivity contribution in [3.63, 3.8) is 0 Å². The van der Waals surface area contributed by atoms with Gasteiger partial charge in [0.25, 0.3) is 0 Å². The third kappa shape index (κ3) is 2.69. The molecule has 92 valence electrons. The maximum absolute atomic E-state index is 11.0. The number of carbonyl (C=O) groups is 1. The third-order valence-corrected chi connectivity index (χ3v) is 2.67. The van der Waals surface area contributed by atoms with Crippen LogP contribution in [0, 0.1) is 0 Å². The van der Waals surface area contributed by atoms with Crippen molar-refractivity contribution in [3.8, 4) is 0 Å². The van der Waals surface area contributed by atoms with E-state index in [4.69, 9.17) is 28.3 Å². The summed E-state index contributed by atoms with van der Waals surface area (Å²) in [6.45, 7) is 0. The first-order valence-corrected chi connectivity index (χ1v) is 5.59. The molecule has 1 heterocycles. The maximum Gasteiger partial charge on any atom is 0.341 e.